The van der Waals surface area contributed by atoms with Gasteiger partial charge in [0.2, 0.25) is 5.91 Å². The Morgan fingerprint density at radius 1 is 1.23 bits per heavy atom. The number of carbonyl (C=O) groups is 3. The van der Waals surface area contributed by atoms with Crippen molar-refractivity contribution in [1.29, 1.82) is 0 Å². The molecule has 1 aliphatic heterocycles. The Bertz CT molecular complexity index is 923. The van der Waals surface area contributed by atoms with E-state index in [1.807, 2.05) is 37.3 Å². The monoisotopic (exact) mass is 446 g/mol. The van der Waals surface area contributed by atoms with Gasteiger partial charge in [-0.2, -0.15) is 0 Å². The van der Waals surface area contributed by atoms with Crippen molar-refractivity contribution in [2.24, 2.45) is 0 Å². The Balaban J connectivity index is 1.49. The summed E-state index contributed by atoms with van der Waals surface area (Å²) in [6.45, 7) is 1.66. The Morgan fingerprint density at radius 2 is 2.00 bits per heavy atom. The Morgan fingerprint density at radius 3 is 2.73 bits per heavy atom. The summed E-state index contributed by atoms with van der Waals surface area (Å²) in [5.74, 6) is -1.25. The minimum Gasteiger partial charge on any atom is -0.456 e. The predicted molar refractivity (Wildman–Crippen MR) is 118 cm³/mol. The summed E-state index contributed by atoms with van der Waals surface area (Å²) in [4.78, 5) is 37.6. The highest BCUT2D eigenvalue weighted by atomic mass is 35.5. The zero-order valence-corrected chi connectivity index (χ0v) is 18.1. The molecular weight excluding hydrogens is 424 g/mol. The average Bonchev–Trinajstić information content (AvgIpc) is 2.73. The molecule has 0 saturated carbocycles. The number of esters is 1. The van der Waals surface area contributed by atoms with Crippen molar-refractivity contribution in [3.8, 4) is 0 Å². The standard InChI is InChI=1S/C22H23ClN2O4S/c1-2-6-16(14-7-4-3-5-8-14)24-20(26)13-29-21(27)12-19-22(28)25-17-11-15(23)9-10-18(17)30-19/h3-5,7-11,16,19H,2,6,12-13H2,1H3,(H,24,26)(H,25,28). The first kappa shape index (κ1) is 22.2. The van der Waals surface area contributed by atoms with E-state index in [9.17, 15) is 14.4 Å². The molecule has 2 aromatic carbocycles. The molecule has 0 fully saturated rings. The molecule has 0 aromatic heterocycles. The Kier molecular flexibility index (Phi) is 7.76. The molecule has 2 atom stereocenters. The van der Waals surface area contributed by atoms with Crippen LogP contribution in [0.3, 0.4) is 0 Å². The Labute approximate surface area is 184 Å². The van der Waals surface area contributed by atoms with E-state index in [0.717, 1.165) is 23.3 Å². The lowest BCUT2D eigenvalue weighted by molar-refractivity contribution is -0.149. The summed E-state index contributed by atoms with van der Waals surface area (Å²) in [7, 11) is 0. The number of amides is 2. The maximum Gasteiger partial charge on any atom is 0.307 e. The first-order chi connectivity index (χ1) is 14.5. The molecule has 30 heavy (non-hydrogen) atoms. The van der Waals surface area contributed by atoms with Crippen LogP contribution in [0.5, 0.6) is 0 Å². The third-order valence-electron chi connectivity index (χ3n) is 4.59. The van der Waals surface area contributed by atoms with Crippen LogP contribution >= 0.6 is 23.4 Å². The van der Waals surface area contributed by atoms with E-state index in [1.165, 1.54) is 11.8 Å². The number of anilines is 1. The molecule has 6 nitrogen and oxygen atoms in total. The number of ether oxygens (including phenoxy) is 1. The highest BCUT2D eigenvalue weighted by molar-refractivity contribution is 8.01. The fraction of sp³-hybridized carbons (Fsp3) is 0.318. The molecule has 2 amide bonds. The largest absolute Gasteiger partial charge is 0.456 e. The lowest BCUT2D eigenvalue weighted by atomic mass is 10.0. The van der Waals surface area contributed by atoms with E-state index in [1.54, 1.807) is 18.2 Å². The van der Waals surface area contributed by atoms with Crippen LogP contribution in [0.1, 0.15) is 37.8 Å². The van der Waals surface area contributed by atoms with Crippen LogP contribution < -0.4 is 10.6 Å². The summed E-state index contributed by atoms with van der Waals surface area (Å²) in [5, 5.41) is 5.56. The van der Waals surface area contributed by atoms with E-state index in [0.29, 0.717) is 10.7 Å². The maximum absolute atomic E-state index is 12.3. The van der Waals surface area contributed by atoms with Crippen molar-refractivity contribution < 1.29 is 19.1 Å². The molecule has 0 radical (unpaired) electrons. The van der Waals surface area contributed by atoms with Gasteiger partial charge in [-0.1, -0.05) is 55.3 Å². The van der Waals surface area contributed by atoms with Gasteiger partial charge in [-0.05, 0) is 30.2 Å². The number of fused-ring (bicyclic) bond motifs is 1. The van der Waals surface area contributed by atoms with Crippen molar-refractivity contribution in [2.75, 3.05) is 11.9 Å². The second-order valence-electron chi connectivity index (χ2n) is 6.92. The number of hydrogen-bond donors (Lipinski definition) is 2. The number of hydrogen-bond acceptors (Lipinski definition) is 5. The van der Waals surface area contributed by atoms with Gasteiger partial charge in [-0.3, -0.25) is 14.4 Å². The summed E-state index contributed by atoms with van der Waals surface area (Å²) in [6, 6.07) is 14.7. The molecule has 2 unspecified atom stereocenters. The number of benzene rings is 2. The first-order valence-electron chi connectivity index (χ1n) is 9.73. The molecule has 0 saturated heterocycles. The molecule has 2 N–H and O–H groups in total. The SMILES string of the molecule is CCCC(NC(=O)COC(=O)CC1Sc2ccc(Cl)cc2NC1=O)c1ccccc1. The smallest absolute Gasteiger partial charge is 0.307 e. The van der Waals surface area contributed by atoms with Gasteiger partial charge in [0.1, 0.15) is 0 Å². The van der Waals surface area contributed by atoms with Gasteiger partial charge >= 0.3 is 5.97 Å². The number of nitrogens with one attached hydrogen (secondary N) is 2. The molecule has 158 valence electrons. The number of thioether (sulfide) groups is 1. The van der Waals surface area contributed by atoms with Gasteiger partial charge in [0.15, 0.2) is 6.61 Å². The third-order valence-corrected chi connectivity index (χ3v) is 6.10. The van der Waals surface area contributed by atoms with Crippen LogP contribution in [-0.4, -0.2) is 29.6 Å². The minimum absolute atomic E-state index is 0.122. The van der Waals surface area contributed by atoms with E-state index >= 15 is 0 Å². The number of rotatable bonds is 8. The summed E-state index contributed by atoms with van der Waals surface area (Å²) in [6.07, 6.45) is 1.56. The molecule has 3 rings (SSSR count). The van der Waals surface area contributed by atoms with Gasteiger partial charge in [-0.15, -0.1) is 11.8 Å². The topological polar surface area (TPSA) is 84.5 Å². The summed E-state index contributed by atoms with van der Waals surface area (Å²) >= 11 is 7.22. The van der Waals surface area contributed by atoms with E-state index in [4.69, 9.17) is 16.3 Å². The lowest BCUT2D eigenvalue weighted by Crippen LogP contribution is -2.34. The first-order valence-corrected chi connectivity index (χ1v) is 11.0. The van der Waals surface area contributed by atoms with E-state index < -0.39 is 11.2 Å². The second kappa shape index (κ2) is 10.5. The van der Waals surface area contributed by atoms with Crippen molar-refractivity contribution in [3.63, 3.8) is 0 Å². The molecule has 0 bridgehead atoms. The van der Waals surface area contributed by atoms with Crippen molar-refractivity contribution in [1.82, 2.24) is 5.32 Å². The number of carbonyl (C=O) groups excluding carboxylic acids is 3. The molecule has 0 spiro atoms. The summed E-state index contributed by atoms with van der Waals surface area (Å²) in [5.41, 5.74) is 1.64. The van der Waals surface area contributed by atoms with E-state index in [2.05, 4.69) is 10.6 Å². The fourth-order valence-electron chi connectivity index (χ4n) is 3.15. The van der Waals surface area contributed by atoms with Crippen molar-refractivity contribution >= 4 is 46.8 Å². The molecular formula is C22H23ClN2O4S. The highest BCUT2D eigenvalue weighted by Crippen LogP contribution is 2.38. The van der Waals surface area contributed by atoms with Crippen LogP contribution in [-0.2, 0) is 19.1 Å². The third kappa shape index (κ3) is 6.00. The zero-order chi connectivity index (χ0) is 21.5. The van der Waals surface area contributed by atoms with Gasteiger partial charge in [0.05, 0.1) is 23.4 Å². The maximum atomic E-state index is 12.3. The van der Waals surface area contributed by atoms with Gasteiger partial charge in [0, 0.05) is 9.92 Å². The van der Waals surface area contributed by atoms with Crippen LogP contribution in [0.2, 0.25) is 5.02 Å². The second-order valence-corrected chi connectivity index (χ2v) is 8.60. The molecule has 1 heterocycles. The molecule has 8 heteroatoms. The molecule has 2 aromatic rings. The van der Waals surface area contributed by atoms with Gasteiger partial charge < -0.3 is 15.4 Å². The van der Waals surface area contributed by atoms with Crippen molar-refractivity contribution in [2.45, 2.75) is 42.4 Å². The molecule has 0 aliphatic carbocycles. The quantitative estimate of drug-likeness (QED) is 0.589. The lowest BCUT2D eigenvalue weighted by Gasteiger charge is -2.23. The minimum atomic E-state index is -0.619. The summed E-state index contributed by atoms with van der Waals surface area (Å²) < 4.78 is 5.11. The van der Waals surface area contributed by atoms with E-state index in [-0.39, 0.29) is 30.9 Å². The number of halogens is 1. The zero-order valence-electron chi connectivity index (χ0n) is 16.5. The van der Waals surface area contributed by atoms with Crippen LogP contribution in [0.25, 0.3) is 0 Å². The highest BCUT2D eigenvalue weighted by Gasteiger charge is 2.30. The predicted octanol–water partition coefficient (Wildman–Crippen LogP) is 4.34. The normalized spacial score (nSPS) is 16.2. The van der Waals surface area contributed by atoms with Crippen LogP contribution in [0.15, 0.2) is 53.4 Å². The van der Waals surface area contributed by atoms with Gasteiger partial charge in [-0.25, -0.2) is 0 Å². The average molecular weight is 447 g/mol. The van der Waals surface area contributed by atoms with Crippen LogP contribution in [0, 0.1) is 0 Å². The van der Waals surface area contributed by atoms with Crippen molar-refractivity contribution in [3.05, 3.63) is 59.1 Å². The molecule has 1 aliphatic rings. The fourth-order valence-corrected chi connectivity index (χ4v) is 4.39. The Hall–Kier alpha value is -2.51. The van der Waals surface area contributed by atoms with Crippen LogP contribution in [0.4, 0.5) is 5.69 Å². The van der Waals surface area contributed by atoms with Gasteiger partial charge in [0.25, 0.3) is 5.91 Å².